The third kappa shape index (κ3) is 4.93. The second-order valence-electron chi connectivity index (χ2n) is 7.82. The fourth-order valence-corrected chi connectivity index (χ4v) is 3.94. The second kappa shape index (κ2) is 8.17. The zero-order valence-electron chi connectivity index (χ0n) is 15.9. The van der Waals surface area contributed by atoms with Crippen molar-refractivity contribution < 1.29 is 4.79 Å². The summed E-state index contributed by atoms with van der Waals surface area (Å²) in [6.07, 6.45) is 6.65. The van der Waals surface area contributed by atoms with Crippen LogP contribution in [-0.4, -0.2) is 70.4 Å². The number of amides is 2. The minimum absolute atomic E-state index is 0.0945. The highest BCUT2D eigenvalue weighted by Crippen LogP contribution is 2.22. The molecule has 140 valence electrons. The predicted molar refractivity (Wildman–Crippen MR) is 97.5 cm³/mol. The van der Waals surface area contributed by atoms with Gasteiger partial charge in [0.25, 0.3) is 0 Å². The number of rotatable bonds is 5. The van der Waals surface area contributed by atoms with Crippen molar-refractivity contribution in [2.24, 2.45) is 5.92 Å². The Morgan fingerprint density at radius 1 is 1.28 bits per heavy atom. The molecule has 7 nitrogen and oxygen atoms in total. The summed E-state index contributed by atoms with van der Waals surface area (Å²) in [5.41, 5.74) is 0. The van der Waals surface area contributed by atoms with Crippen molar-refractivity contribution in [3.05, 3.63) is 11.6 Å². The van der Waals surface area contributed by atoms with E-state index in [9.17, 15) is 4.79 Å². The highest BCUT2D eigenvalue weighted by molar-refractivity contribution is 5.74. The molecular formula is C18H32N6O. The van der Waals surface area contributed by atoms with E-state index in [0.717, 1.165) is 69.4 Å². The molecule has 1 aromatic rings. The summed E-state index contributed by atoms with van der Waals surface area (Å²) < 4.78 is 1.95. The molecule has 0 aromatic carbocycles. The van der Waals surface area contributed by atoms with E-state index < -0.39 is 0 Å². The third-order valence-corrected chi connectivity index (χ3v) is 5.41. The highest BCUT2D eigenvalue weighted by atomic mass is 16.2. The molecule has 3 rings (SSSR count). The van der Waals surface area contributed by atoms with Gasteiger partial charge < -0.3 is 15.1 Å². The largest absolute Gasteiger partial charge is 0.333 e. The fraction of sp³-hybridized carbons (Fsp3) is 0.833. The number of hydrogen-bond acceptors (Lipinski definition) is 4. The molecule has 1 atom stereocenters. The van der Waals surface area contributed by atoms with Crippen LogP contribution in [0.2, 0.25) is 0 Å². The van der Waals surface area contributed by atoms with Crippen molar-refractivity contribution >= 4 is 6.03 Å². The number of aryl methyl sites for hydroxylation is 2. The van der Waals surface area contributed by atoms with Crippen LogP contribution in [0.1, 0.15) is 43.8 Å². The molecule has 0 unspecified atom stereocenters. The summed E-state index contributed by atoms with van der Waals surface area (Å²) in [7, 11) is 4.25. The van der Waals surface area contributed by atoms with E-state index in [1.54, 1.807) is 0 Å². The van der Waals surface area contributed by atoms with Gasteiger partial charge in [-0.3, -0.25) is 0 Å². The lowest BCUT2D eigenvalue weighted by molar-refractivity contribution is 0.160. The molecular weight excluding hydrogens is 316 g/mol. The van der Waals surface area contributed by atoms with Gasteiger partial charge in [-0.2, -0.15) is 5.10 Å². The van der Waals surface area contributed by atoms with Crippen molar-refractivity contribution in [1.82, 2.24) is 29.9 Å². The molecule has 0 aliphatic carbocycles. The normalized spacial score (nSPS) is 21.4. The van der Waals surface area contributed by atoms with Crippen LogP contribution in [0.5, 0.6) is 0 Å². The van der Waals surface area contributed by atoms with Gasteiger partial charge in [0.1, 0.15) is 11.6 Å². The Kier molecular flexibility index (Phi) is 5.93. The summed E-state index contributed by atoms with van der Waals surface area (Å²) in [4.78, 5) is 21.2. The van der Waals surface area contributed by atoms with Gasteiger partial charge in [0.05, 0.1) is 12.6 Å². The van der Waals surface area contributed by atoms with Crippen molar-refractivity contribution in [1.29, 1.82) is 0 Å². The quantitative estimate of drug-likeness (QED) is 0.879. The van der Waals surface area contributed by atoms with Crippen LogP contribution in [0.25, 0.3) is 0 Å². The number of urea groups is 1. The maximum Gasteiger partial charge on any atom is 0.317 e. The SMILES string of the molecule is Cc1nc2n(n1)C[C@@H](NC(=O)N1CCC(CCCN(C)C)CC1)CC2. The first-order chi connectivity index (χ1) is 12.0. The van der Waals surface area contributed by atoms with E-state index in [1.807, 2.05) is 16.5 Å². The molecule has 2 amide bonds. The molecule has 3 heterocycles. The molecule has 1 saturated heterocycles. The number of carbonyl (C=O) groups excluding carboxylic acids is 1. The van der Waals surface area contributed by atoms with Crippen molar-refractivity contribution in [2.75, 3.05) is 33.7 Å². The zero-order valence-corrected chi connectivity index (χ0v) is 15.9. The minimum Gasteiger partial charge on any atom is -0.333 e. The van der Waals surface area contributed by atoms with Gasteiger partial charge in [0, 0.05) is 19.5 Å². The zero-order chi connectivity index (χ0) is 17.8. The smallest absolute Gasteiger partial charge is 0.317 e. The highest BCUT2D eigenvalue weighted by Gasteiger charge is 2.26. The van der Waals surface area contributed by atoms with Crippen molar-refractivity contribution in [3.63, 3.8) is 0 Å². The standard InChI is InChI=1S/C18H32N6O/c1-14-19-17-7-6-16(13-24(17)21-14)20-18(25)23-11-8-15(9-12-23)5-4-10-22(2)3/h15-16H,4-13H2,1-3H3,(H,20,25)/t16-/m0/s1. The predicted octanol–water partition coefficient (Wildman–Crippen LogP) is 1.66. The number of aromatic nitrogens is 3. The summed E-state index contributed by atoms with van der Waals surface area (Å²) in [6.45, 7) is 5.59. The third-order valence-electron chi connectivity index (χ3n) is 5.41. The molecule has 25 heavy (non-hydrogen) atoms. The number of likely N-dealkylation sites (tertiary alicyclic amines) is 1. The van der Waals surface area contributed by atoms with E-state index in [0.29, 0.717) is 0 Å². The molecule has 0 bridgehead atoms. The van der Waals surface area contributed by atoms with E-state index in [-0.39, 0.29) is 12.1 Å². The van der Waals surface area contributed by atoms with Gasteiger partial charge >= 0.3 is 6.03 Å². The number of carbonyl (C=O) groups is 1. The summed E-state index contributed by atoms with van der Waals surface area (Å²) in [5.74, 6) is 2.64. The first kappa shape index (κ1) is 18.2. The molecule has 1 N–H and O–H groups in total. The lowest BCUT2D eigenvalue weighted by Gasteiger charge is -2.34. The van der Waals surface area contributed by atoms with Gasteiger partial charge in [0.2, 0.25) is 0 Å². The van der Waals surface area contributed by atoms with Gasteiger partial charge in [-0.25, -0.2) is 14.5 Å². The minimum atomic E-state index is 0.0945. The van der Waals surface area contributed by atoms with E-state index in [1.165, 1.54) is 12.8 Å². The molecule has 0 saturated carbocycles. The molecule has 2 aliphatic rings. The van der Waals surface area contributed by atoms with E-state index >= 15 is 0 Å². The first-order valence-corrected chi connectivity index (χ1v) is 9.61. The van der Waals surface area contributed by atoms with Crippen LogP contribution >= 0.6 is 0 Å². The van der Waals surface area contributed by atoms with Gasteiger partial charge in [-0.05, 0) is 65.6 Å². The Bertz CT molecular complexity index is 576. The van der Waals surface area contributed by atoms with Crippen molar-refractivity contribution in [3.8, 4) is 0 Å². The van der Waals surface area contributed by atoms with Crippen LogP contribution in [0.4, 0.5) is 4.79 Å². The summed E-state index contributed by atoms with van der Waals surface area (Å²) in [6, 6.07) is 0.260. The monoisotopic (exact) mass is 348 g/mol. The average molecular weight is 348 g/mol. The Morgan fingerprint density at radius 2 is 2.04 bits per heavy atom. The summed E-state index contributed by atoms with van der Waals surface area (Å²) >= 11 is 0. The van der Waals surface area contributed by atoms with Crippen molar-refractivity contribution in [2.45, 2.75) is 58.0 Å². The van der Waals surface area contributed by atoms with Crippen LogP contribution in [0.3, 0.4) is 0 Å². The van der Waals surface area contributed by atoms with Gasteiger partial charge in [-0.1, -0.05) is 0 Å². The Labute approximate surface area is 150 Å². The average Bonchev–Trinajstić information content (AvgIpc) is 2.94. The van der Waals surface area contributed by atoms with E-state index in [4.69, 9.17) is 0 Å². The topological polar surface area (TPSA) is 66.3 Å². The molecule has 1 fully saturated rings. The molecule has 0 spiro atoms. The number of hydrogen-bond donors (Lipinski definition) is 1. The number of nitrogens with zero attached hydrogens (tertiary/aromatic N) is 5. The number of fused-ring (bicyclic) bond motifs is 1. The second-order valence-corrected chi connectivity index (χ2v) is 7.82. The Balaban J connectivity index is 1.40. The van der Waals surface area contributed by atoms with Gasteiger partial charge in [-0.15, -0.1) is 0 Å². The molecule has 1 aromatic heterocycles. The Hall–Kier alpha value is -1.63. The van der Waals surface area contributed by atoms with Crippen LogP contribution in [0, 0.1) is 12.8 Å². The number of nitrogens with one attached hydrogen (secondary N) is 1. The van der Waals surface area contributed by atoms with Crippen LogP contribution in [-0.2, 0) is 13.0 Å². The lowest BCUT2D eigenvalue weighted by Crippen LogP contribution is -2.50. The Morgan fingerprint density at radius 3 is 2.76 bits per heavy atom. The fourth-order valence-electron chi connectivity index (χ4n) is 3.94. The van der Waals surface area contributed by atoms with E-state index in [2.05, 4.69) is 34.4 Å². The van der Waals surface area contributed by atoms with Crippen LogP contribution < -0.4 is 5.32 Å². The maximum absolute atomic E-state index is 12.6. The summed E-state index contributed by atoms with van der Waals surface area (Å²) in [5, 5.41) is 7.61. The number of piperidine rings is 1. The maximum atomic E-state index is 12.6. The molecule has 2 aliphatic heterocycles. The lowest BCUT2D eigenvalue weighted by atomic mass is 9.92. The van der Waals surface area contributed by atoms with Crippen LogP contribution in [0.15, 0.2) is 0 Å². The molecule has 0 radical (unpaired) electrons. The van der Waals surface area contributed by atoms with Gasteiger partial charge in [0.15, 0.2) is 0 Å². The molecule has 7 heteroatoms. The first-order valence-electron chi connectivity index (χ1n) is 9.61.